The molecule has 1 N–H and O–H groups in total. The number of ether oxygens (including phenoxy) is 1. The van der Waals surface area contributed by atoms with Gasteiger partial charge in [0, 0.05) is 86.2 Å². The number of H-pyrrole nitrogens is 1. The van der Waals surface area contributed by atoms with Gasteiger partial charge in [-0.2, -0.15) is 0 Å². The van der Waals surface area contributed by atoms with Gasteiger partial charge in [-0.05, 0) is 42.8 Å². The molecule has 1 aromatic carbocycles. The summed E-state index contributed by atoms with van der Waals surface area (Å²) in [6, 6.07) is 16.5. The van der Waals surface area contributed by atoms with Gasteiger partial charge < -0.3 is 19.5 Å². The number of nitrogens with zero attached hydrogens (tertiary/aromatic N) is 5. The van der Waals surface area contributed by atoms with Crippen molar-refractivity contribution in [3.05, 3.63) is 83.9 Å². The van der Waals surface area contributed by atoms with E-state index < -0.39 is 0 Å². The molecular formula is C30H32N6O2. The number of aromatic nitrogens is 3. The minimum atomic E-state index is -0.116. The number of carbonyl (C=O) groups is 1. The average Bonchev–Trinajstić information content (AvgIpc) is 3.41. The van der Waals surface area contributed by atoms with Crippen molar-refractivity contribution in [2.24, 2.45) is 0 Å². The van der Waals surface area contributed by atoms with Crippen LogP contribution in [0.1, 0.15) is 23.7 Å². The van der Waals surface area contributed by atoms with E-state index >= 15 is 0 Å². The molecule has 3 aromatic heterocycles. The summed E-state index contributed by atoms with van der Waals surface area (Å²) in [6.45, 7) is 5.62. The molecule has 8 heteroatoms. The first-order chi connectivity index (χ1) is 18.5. The summed E-state index contributed by atoms with van der Waals surface area (Å²) in [5.74, 6) is 0.730. The lowest BCUT2D eigenvalue weighted by atomic mass is 9.95. The second-order valence-electron chi connectivity index (χ2n) is 10.1. The van der Waals surface area contributed by atoms with E-state index in [-0.39, 0.29) is 11.9 Å². The summed E-state index contributed by atoms with van der Waals surface area (Å²) in [7, 11) is 3.95. The maximum absolute atomic E-state index is 12.2. The minimum Gasteiger partial charge on any atom is -0.476 e. The van der Waals surface area contributed by atoms with Gasteiger partial charge in [-0.3, -0.25) is 9.69 Å². The fourth-order valence-corrected chi connectivity index (χ4v) is 5.30. The van der Waals surface area contributed by atoms with Crippen molar-refractivity contribution < 1.29 is 9.53 Å². The summed E-state index contributed by atoms with van der Waals surface area (Å²) >= 11 is 0. The number of rotatable bonds is 6. The summed E-state index contributed by atoms with van der Waals surface area (Å²) in [5, 5.41) is 1.10. The number of hydrogen-bond donors (Lipinski definition) is 1. The Morgan fingerprint density at radius 3 is 2.76 bits per heavy atom. The fourth-order valence-electron chi connectivity index (χ4n) is 5.30. The van der Waals surface area contributed by atoms with E-state index in [0.717, 1.165) is 41.8 Å². The summed E-state index contributed by atoms with van der Waals surface area (Å²) in [6.07, 6.45) is 6.02. The van der Waals surface area contributed by atoms with Crippen molar-refractivity contribution in [3.8, 4) is 17.1 Å². The van der Waals surface area contributed by atoms with Crippen LogP contribution in [0.4, 0.5) is 0 Å². The van der Waals surface area contributed by atoms with Crippen LogP contribution < -0.4 is 4.74 Å². The molecule has 6 rings (SSSR count). The molecule has 2 aliphatic rings. The number of fused-ring (bicyclic) bond motifs is 2. The Bertz CT molecular complexity index is 1510. The Morgan fingerprint density at radius 1 is 1.05 bits per heavy atom. The molecule has 1 atom stereocenters. The number of aromatic amines is 1. The van der Waals surface area contributed by atoms with E-state index in [4.69, 9.17) is 9.72 Å². The second kappa shape index (κ2) is 9.95. The maximum Gasteiger partial charge on any atom is 0.239 e. The molecule has 1 fully saturated rings. The van der Waals surface area contributed by atoms with Crippen LogP contribution in [0.2, 0.25) is 0 Å². The molecule has 8 nitrogen and oxygen atoms in total. The SMILES string of the molecule is C[C@@H]1C(=O)N(C)CCN1CCOc1ccc(-c2ccc3cc(C4=CN(C)Cc5[nH]ccc54)ccc3n2)cn1. The molecular weight excluding hydrogens is 476 g/mol. The third kappa shape index (κ3) is 4.63. The third-order valence-corrected chi connectivity index (χ3v) is 7.54. The Balaban J connectivity index is 1.13. The van der Waals surface area contributed by atoms with Crippen molar-refractivity contribution in [2.75, 3.05) is 40.3 Å². The van der Waals surface area contributed by atoms with Gasteiger partial charge in [0.2, 0.25) is 11.8 Å². The van der Waals surface area contributed by atoms with Crippen LogP contribution in [0.25, 0.3) is 27.7 Å². The standard InChI is InChI=1S/C30H32N6O2/c1-20-30(37)35(3)12-13-36(20)14-15-38-29-9-6-23(17-32-29)27-8-5-22-16-21(4-7-26(22)33-27)25-18-34(2)19-28-24(25)10-11-31-28/h4-11,16-18,20,31H,12-15,19H2,1-3H3/t20-/m1/s1. The normalized spacial score (nSPS) is 18.0. The second-order valence-corrected chi connectivity index (χ2v) is 10.1. The van der Waals surface area contributed by atoms with Crippen molar-refractivity contribution in [3.63, 3.8) is 0 Å². The van der Waals surface area contributed by atoms with Gasteiger partial charge >= 0.3 is 0 Å². The van der Waals surface area contributed by atoms with Crippen molar-refractivity contribution in [1.82, 2.24) is 29.7 Å². The van der Waals surface area contributed by atoms with E-state index in [2.05, 4.69) is 63.3 Å². The zero-order valence-corrected chi connectivity index (χ0v) is 22.0. The number of nitrogens with one attached hydrogen (secondary N) is 1. The number of carbonyl (C=O) groups excluding carboxylic acids is 1. The number of hydrogen-bond acceptors (Lipinski definition) is 6. The van der Waals surface area contributed by atoms with E-state index in [1.807, 2.05) is 38.4 Å². The number of likely N-dealkylation sites (N-methyl/N-ethyl adjacent to an activating group) is 1. The van der Waals surface area contributed by atoms with Gasteiger partial charge in [0.15, 0.2) is 0 Å². The first kappa shape index (κ1) is 24.2. The Morgan fingerprint density at radius 2 is 1.92 bits per heavy atom. The zero-order valence-electron chi connectivity index (χ0n) is 22.0. The predicted molar refractivity (Wildman–Crippen MR) is 148 cm³/mol. The lowest BCUT2D eigenvalue weighted by Gasteiger charge is -2.37. The molecule has 4 aromatic rings. The number of benzene rings is 1. The molecule has 5 heterocycles. The highest BCUT2D eigenvalue weighted by Gasteiger charge is 2.28. The Hall–Kier alpha value is -4.17. The van der Waals surface area contributed by atoms with Crippen LogP contribution in [0.5, 0.6) is 5.88 Å². The highest BCUT2D eigenvalue weighted by molar-refractivity contribution is 5.89. The van der Waals surface area contributed by atoms with Gasteiger partial charge in [-0.1, -0.05) is 12.1 Å². The molecule has 1 amide bonds. The van der Waals surface area contributed by atoms with E-state index in [9.17, 15) is 4.79 Å². The van der Waals surface area contributed by atoms with Crippen molar-refractivity contribution >= 4 is 22.4 Å². The largest absolute Gasteiger partial charge is 0.476 e. The fraction of sp³-hybridized carbons (Fsp3) is 0.300. The van der Waals surface area contributed by atoms with E-state index in [1.165, 1.54) is 22.4 Å². The quantitative estimate of drug-likeness (QED) is 0.424. The Kier molecular flexibility index (Phi) is 6.33. The van der Waals surface area contributed by atoms with Gasteiger partial charge in [-0.15, -0.1) is 0 Å². The van der Waals surface area contributed by atoms with Crippen LogP contribution >= 0.6 is 0 Å². The lowest BCUT2D eigenvalue weighted by Crippen LogP contribution is -2.55. The maximum atomic E-state index is 12.2. The molecule has 2 aliphatic heterocycles. The molecule has 0 saturated carbocycles. The first-order valence-corrected chi connectivity index (χ1v) is 13.0. The Labute approximate surface area is 222 Å². The zero-order chi connectivity index (χ0) is 26.2. The van der Waals surface area contributed by atoms with Crippen LogP contribution in [-0.4, -0.2) is 81.9 Å². The van der Waals surface area contributed by atoms with Crippen molar-refractivity contribution in [2.45, 2.75) is 19.5 Å². The van der Waals surface area contributed by atoms with Gasteiger partial charge in [-0.25, -0.2) is 9.97 Å². The van der Waals surface area contributed by atoms with E-state index in [0.29, 0.717) is 19.0 Å². The highest BCUT2D eigenvalue weighted by Crippen LogP contribution is 2.32. The predicted octanol–water partition coefficient (Wildman–Crippen LogP) is 4.00. The third-order valence-electron chi connectivity index (χ3n) is 7.54. The van der Waals surface area contributed by atoms with Crippen LogP contribution in [0.3, 0.4) is 0 Å². The average molecular weight is 509 g/mol. The van der Waals surface area contributed by atoms with Gasteiger partial charge in [0.05, 0.1) is 23.8 Å². The monoisotopic (exact) mass is 508 g/mol. The number of piperazine rings is 1. The van der Waals surface area contributed by atoms with Crippen molar-refractivity contribution in [1.29, 1.82) is 0 Å². The van der Waals surface area contributed by atoms with Gasteiger partial charge in [0.1, 0.15) is 6.61 Å². The first-order valence-electron chi connectivity index (χ1n) is 13.0. The van der Waals surface area contributed by atoms with Crippen LogP contribution in [0.15, 0.2) is 67.1 Å². The topological polar surface area (TPSA) is 77.6 Å². The molecule has 1 saturated heterocycles. The highest BCUT2D eigenvalue weighted by atomic mass is 16.5. The smallest absolute Gasteiger partial charge is 0.239 e. The molecule has 0 unspecified atom stereocenters. The molecule has 38 heavy (non-hydrogen) atoms. The molecule has 0 radical (unpaired) electrons. The number of pyridine rings is 2. The van der Waals surface area contributed by atoms with Crippen LogP contribution in [0, 0.1) is 0 Å². The molecule has 0 bridgehead atoms. The van der Waals surface area contributed by atoms with Crippen LogP contribution in [-0.2, 0) is 11.3 Å². The minimum absolute atomic E-state index is 0.116. The van der Waals surface area contributed by atoms with Gasteiger partial charge in [0.25, 0.3) is 0 Å². The number of amides is 1. The van der Waals surface area contributed by atoms with E-state index in [1.54, 1.807) is 11.1 Å². The molecule has 194 valence electrons. The summed E-state index contributed by atoms with van der Waals surface area (Å²) in [5.41, 5.74) is 7.65. The molecule has 0 spiro atoms. The summed E-state index contributed by atoms with van der Waals surface area (Å²) in [4.78, 5) is 31.1. The molecule has 0 aliphatic carbocycles. The lowest BCUT2D eigenvalue weighted by molar-refractivity contribution is -0.139. The summed E-state index contributed by atoms with van der Waals surface area (Å²) < 4.78 is 5.87.